The Morgan fingerprint density at radius 2 is 2.06 bits per heavy atom. The van der Waals surface area contributed by atoms with Gasteiger partial charge in [0, 0.05) is 28.4 Å². The summed E-state index contributed by atoms with van der Waals surface area (Å²) in [7, 11) is 0. The molecule has 0 aromatic carbocycles. The summed E-state index contributed by atoms with van der Waals surface area (Å²) in [5.74, 6) is -3.43. The number of nitrogens with zero attached hydrogens (tertiary/aromatic N) is 2. The van der Waals surface area contributed by atoms with E-state index in [9.17, 15) is 18.0 Å². The van der Waals surface area contributed by atoms with Crippen LogP contribution in [0.1, 0.15) is 64.4 Å². The molecule has 6 unspecified atom stereocenters. The zero-order valence-electron chi connectivity index (χ0n) is 18.7. The molecule has 2 aromatic rings. The van der Waals surface area contributed by atoms with Crippen LogP contribution in [0.2, 0.25) is 0 Å². The van der Waals surface area contributed by atoms with Crippen molar-refractivity contribution in [1.29, 1.82) is 0 Å². The number of carbonyl (C=O) groups is 1. The Labute approximate surface area is 190 Å². The minimum atomic E-state index is -2.83. The van der Waals surface area contributed by atoms with Crippen LogP contribution in [0.4, 0.5) is 13.2 Å². The van der Waals surface area contributed by atoms with E-state index in [1.54, 1.807) is 22.3 Å². The fraction of sp³-hybridized carbons (Fsp3) is 0.667. The fourth-order valence-corrected chi connectivity index (χ4v) is 8.99. The molecule has 4 nitrogen and oxygen atoms in total. The molecular formula is C24H30F3N3OS. The zero-order chi connectivity index (χ0) is 22.8. The molecule has 3 aliphatic rings. The molecule has 174 valence electrons. The molecule has 1 saturated heterocycles. The normalized spacial score (nSPS) is 38.7. The van der Waals surface area contributed by atoms with Gasteiger partial charge in [-0.3, -0.25) is 4.79 Å². The van der Waals surface area contributed by atoms with E-state index >= 15 is 0 Å². The van der Waals surface area contributed by atoms with Gasteiger partial charge in [-0.15, -0.1) is 0 Å². The van der Waals surface area contributed by atoms with Gasteiger partial charge in [0.2, 0.25) is 5.91 Å². The van der Waals surface area contributed by atoms with E-state index in [-0.39, 0.29) is 51.8 Å². The number of hydrogen-bond acceptors (Lipinski definition) is 3. The van der Waals surface area contributed by atoms with Gasteiger partial charge in [0.25, 0.3) is 5.92 Å². The van der Waals surface area contributed by atoms with E-state index in [4.69, 9.17) is 0 Å². The van der Waals surface area contributed by atoms with E-state index < -0.39 is 12.0 Å². The number of halogens is 3. The van der Waals surface area contributed by atoms with Crippen LogP contribution in [0, 0.1) is 23.1 Å². The summed E-state index contributed by atoms with van der Waals surface area (Å²) in [6, 6.07) is 2.15. The van der Waals surface area contributed by atoms with E-state index in [1.807, 2.05) is 6.20 Å². The second kappa shape index (κ2) is 7.67. The molecule has 0 bridgehead atoms. The third-order valence-electron chi connectivity index (χ3n) is 8.12. The minimum absolute atomic E-state index is 0.0464. The fourth-order valence-electron chi connectivity index (χ4n) is 6.80. The van der Waals surface area contributed by atoms with Crippen LogP contribution in [0.25, 0.3) is 5.52 Å². The van der Waals surface area contributed by atoms with E-state index in [0.29, 0.717) is 12.8 Å². The number of pyridine rings is 1. The predicted molar refractivity (Wildman–Crippen MR) is 119 cm³/mol. The molecular weight excluding hydrogens is 435 g/mol. The Morgan fingerprint density at radius 1 is 1.28 bits per heavy atom. The van der Waals surface area contributed by atoms with Crippen LogP contribution in [0.5, 0.6) is 0 Å². The van der Waals surface area contributed by atoms with Gasteiger partial charge in [0.05, 0.1) is 29.9 Å². The molecule has 3 heterocycles. The summed E-state index contributed by atoms with van der Waals surface area (Å²) in [4.78, 5) is 13.3. The summed E-state index contributed by atoms with van der Waals surface area (Å²) in [6.07, 6.45) is 5.48. The van der Waals surface area contributed by atoms with Crippen LogP contribution < -0.4 is 5.32 Å². The number of amides is 1. The second-order valence-corrected chi connectivity index (χ2v) is 11.8. The average molecular weight is 466 g/mol. The lowest BCUT2D eigenvalue weighted by Crippen LogP contribution is -2.52. The zero-order valence-corrected chi connectivity index (χ0v) is 19.5. The summed E-state index contributed by atoms with van der Waals surface area (Å²) >= 11 is 1.80. The summed E-state index contributed by atoms with van der Waals surface area (Å²) in [5, 5.41) is 7.41. The molecule has 2 aromatic heterocycles. The van der Waals surface area contributed by atoms with Gasteiger partial charge in [0.1, 0.15) is 5.82 Å². The maximum absolute atomic E-state index is 14.4. The summed E-state index contributed by atoms with van der Waals surface area (Å²) in [6.45, 7) is 6.46. The second-order valence-electron chi connectivity index (χ2n) is 10.3. The Bertz CT molecular complexity index is 1040. The number of thioether (sulfide) groups is 1. The highest BCUT2D eigenvalue weighted by Gasteiger charge is 2.62. The molecule has 0 radical (unpaired) electrons. The molecule has 2 saturated carbocycles. The maximum Gasteiger partial charge on any atom is 0.267 e. The van der Waals surface area contributed by atoms with E-state index in [2.05, 4.69) is 31.2 Å². The highest BCUT2D eigenvalue weighted by atomic mass is 32.2. The van der Waals surface area contributed by atoms with Gasteiger partial charge in [-0.1, -0.05) is 27.2 Å². The van der Waals surface area contributed by atoms with Crippen molar-refractivity contribution >= 4 is 23.2 Å². The first kappa shape index (κ1) is 22.1. The lowest BCUT2D eigenvalue weighted by atomic mass is 9.70. The first-order valence-electron chi connectivity index (χ1n) is 11.6. The third-order valence-corrected chi connectivity index (χ3v) is 9.95. The number of nitrogens with one attached hydrogen (secondary N) is 1. The first-order valence-corrected chi connectivity index (χ1v) is 12.5. The molecule has 1 amide bonds. The van der Waals surface area contributed by atoms with Crippen molar-refractivity contribution in [3.8, 4) is 0 Å². The van der Waals surface area contributed by atoms with Crippen molar-refractivity contribution in [2.75, 3.05) is 0 Å². The van der Waals surface area contributed by atoms with Gasteiger partial charge >= 0.3 is 0 Å². The van der Waals surface area contributed by atoms with Crippen LogP contribution in [0.3, 0.4) is 0 Å². The van der Waals surface area contributed by atoms with Crippen LogP contribution >= 0.6 is 11.8 Å². The molecule has 2 aliphatic carbocycles. The van der Waals surface area contributed by atoms with E-state index in [1.165, 1.54) is 12.3 Å². The molecule has 5 rings (SSSR count). The number of carbonyl (C=O) groups excluding carboxylic acids is 1. The lowest BCUT2D eigenvalue weighted by Gasteiger charge is -2.34. The Hall–Kier alpha value is -1.70. The monoisotopic (exact) mass is 465 g/mol. The third kappa shape index (κ3) is 3.35. The Morgan fingerprint density at radius 3 is 2.81 bits per heavy atom. The average Bonchev–Trinajstić information content (AvgIpc) is 3.29. The quantitative estimate of drug-likeness (QED) is 0.659. The number of fused-ring (bicyclic) bond motifs is 2. The lowest BCUT2D eigenvalue weighted by molar-refractivity contribution is -0.132. The number of rotatable bonds is 3. The highest BCUT2D eigenvalue weighted by Crippen LogP contribution is 2.66. The van der Waals surface area contributed by atoms with Crippen molar-refractivity contribution in [3.05, 3.63) is 35.9 Å². The predicted octanol–water partition coefficient (Wildman–Crippen LogP) is 5.42. The summed E-state index contributed by atoms with van der Waals surface area (Å²) < 4.78 is 44.0. The maximum atomic E-state index is 14.4. The topological polar surface area (TPSA) is 46.4 Å². The van der Waals surface area contributed by atoms with Gasteiger partial charge in [-0.05, 0) is 42.7 Å². The van der Waals surface area contributed by atoms with Crippen molar-refractivity contribution in [2.24, 2.45) is 17.3 Å². The molecule has 7 atom stereocenters. The van der Waals surface area contributed by atoms with Gasteiger partial charge in [-0.2, -0.15) is 16.9 Å². The molecule has 32 heavy (non-hydrogen) atoms. The van der Waals surface area contributed by atoms with Crippen LogP contribution in [0.15, 0.2) is 24.5 Å². The van der Waals surface area contributed by atoms with Crippen molar-refractivity contribution in [1.82, 2.24) is 14.9 Å². The minimum Gasteiger partial charge on any atom is -0.347 e. The highest BCUT2D eigenvalue weighted by molar-refractivity contribution is 8.00. The molecule has 1 N–H and O–H groups in total. The molecule has 3 fully saturated rings. The molecule has 8 heteroatoms. The van der Waals surface area contributed by atoms with Crippen LogP contribution in [-0.2, 0) is 4.79 Å². The smallest absolute Gasteiger partial charge is 0.267 e. The van der Waals surface area contributed by atoms with Gasteiger partial charge in [0.15, 0.2) is 0 Å². The van der Waals surface area contributed by atoms with Gasteiger partial charge < -0.3 is 5.32 Å². The van der Waals surface area contributed by atoms with Crippen LogP contribution in [-0.4, -0.2) is 38.0 Å². The Kier molecular flexibility index (Phi) is 5.30. The number of hydrogen-bond donors (Lipinski definition) is 1. The number of aromatic nitrogens is 2. The van der Waals surface area contributed by atoms with Crippen molar-refractivity contribution < 1.29 is 18.0 Å². The van der Waals surface area contributed by atoms with Gasteiger partial charge in [-0.25, -0.2) is 17.7 Å². The summed E-state index contributed by atoms with van der Waals surface area (Å²) in [5.41, 5.74) is 1.79. The standard InChI is InChI=1S/C24H30F3N3OS/c1-13-10-23(3)20(16-11-28-30-12-15(25)7-8-17(16)30)14(2)32-21(23)19(13)22(31)29-18-6-4-5-9-24(18,26)27/h7-8,11-14,18-21H,4-6,9-10H2,1-3H3,(H,29,31)/t13?,14?,18-,19?,20?,21?,23?/m1/s1. The SMILES string of the molecule is CC1CC2(C)C(SC(C)C2c2cnn3cc(F)ccc23)C1C(=O)N[C@@H]1CCCCC1(F)F. The number of alkyl halides is 2. The molecule has 0 spiro atoms. The van der Waals surface area contributed by atoms with Crippen molar-refractivity contribution in [3.63, 3.8) is 0 Å². The Balaban J connectivity index is 1.43. The largest absolute Gasteiger partial charge is 0.347 e. The first-order chi connectivity index (χ1) is 15.1. The molecule has 1 aliphatic heterocycles. The van der Waals surface area contributed by atoms with Crippen molar-refractivity contribution in [2.45, 2.75) is 81.3 Å². The van der Waals surface area contributed by atoms with E-state index in [0.717, 1.165) is 23.9 Å².